The van der Waals surface area contributed by atoms with Crippen molar-refractivity contribution in [1.29, 1.82) is 0 Å². The summed E-state index contributed by atoms with van der Waals surface area (Å²) in [6, 6.07) is 11.5. The van der Waals surface area contributed by atoms with Crippen molar-refractivity contribution in [3.05, 3.63) is 68.7 Å². The molecule has 0 spiro atoms. The normalized spacial score (nSPS) is 13.3. The lowest BCUT2D eigenvalue weighted by Gasteiger charge is -2.29. The average Bonchev–Trinajstić information content (AvgIpc) is 2.52. The van der Waals surface area contributed by atoms with E-state index in [0.717, 1.165) is 40.4 Å². The summed E-state index contributed by atoms with van der Waals surface area (Å²) in [7, 11) is 0. The molecule has 5 heteroatoms. The first-order chi connectivity index (χ1) is 11.1. The van der Waals surface area contributed by atoms with E-state index in [-0.39, 0.29) is 5.97 Å². The van der Waals surface area contributed by atoms with E-state index in [1.54, 1.807) is 0 Å². The van der Waals surface area contributed by atoms with Gasteiger partial charge in [-0.2, -0.15) is 0 Å². The molecule has 0 saturated heterocycles. The van der Waals surface area contributed by atoms with Crippen molar-refractivity contribution in [2.45, 2.75) is 25.4 Å². The molecule has 2 nitrogen and oxygen atoms in total. The van der Waals surface area contributed by atoms with Gasteiger partial charge in [0, 0.05) is 32.9 Å². The molecule has 0 heterocycles. The Morgan fingerprint density at radius 3 is 2.17 bits per heavy atom. The average molecular weight is 414 g/mol. The fourth-order valence-corrected chi connectivity index (χ4v) is 3.79. The molecule has 0 fully saturated rings. The SMILES string of the molecule is O=C(CCCBr)OC1c2c(Cl)cccc2Cc2cccc(Cl)c21. The molecule has 2 aromatic carbocycles. The largest absolute Gasteiger partial charge is 0.452 e. The van der Waals surface area contributed by atoms with Crippen LogP contribution in [0, 0.1) is 0 Å². The monoisotopic (exact) mass is 412 g/mol. The van der Waals surface area contributed by atoms with Gasteiger partial charge in [-0.05, 0) is 36.1 Å². The van der Waals surface area contributed by atoms with E-state index < -0.39 is 6.10 Å². The molecule has 0 saturated carbocycles. The third-order valence-electron chi connectivity index (χ3n) is 3.96. The first kappa shape index (κ1) is 16.8. The molecule has 1 aliphatic rings. The summed E-state index contributed by atoms with van der Waals surface area (Å²) in [6.07, 6.45) is 1.29. The Morgan fingerprint density at radius 2 is 1.65 bits per heavy atom. The second kappa shape index (κ2) is 7.25. The van der Waals surface area contributed by atoms with Crippen LogP contribution in [0.15, 0.2) is 36.4 Å². The van der Waals surface area contributed by atoms with E-state index in [1.165, 1.54) is 0 Å². The van der Waals surface area contributed by atoms with E-state index >= 15 is 0 Å². The van der Waals surface area contributed by atoms with Crippen molar-refractivity contribution >= 4 is 45.1 Å². The maximum Gasteiger partial charge on any atom is 0.306 e. The zero-order valence-electron chi connectivity index (χ0n) is 12.3. The molecule has 23 heavy (non-hydrogen) atoms. The van der Waals surface area contributed by atoms with Crippen LogP contribution in [-0.2, 0) is 16.0 Å². The Labute approximate surface area is 153 Å². The maximum atomic E-state index is 12.2. The lowest BCUT2D eigenvalue weighted by molar-refractivity contribution is -0.147. The van der Waals surface area contributed by atoms with Gasteiger partial charge < -0.3 is 4.74 Å². The molecule has 0 amide bonds. The number of ether oxygens (including phenoxy) is 1. The van der Waals surface area contributed by atoms with Gasteiger partial charge in [0.1, 0.15) is 0 Å². The van der Waals surface area contributed by atoms with E-state index in [9.17, 15) is 4.79 Å². The van der Waals surface area contributed by atoms with Crippen LogP contribution in [0.3, 0.4) is 0 Å². The lowest BCUT2D eigenvalue weighted by atomic mass is 9.83. The van der Waals surface area contributed by atoms with Gasteiger partial charge in [-0.3, -0.25) is 4.79 Å². The Balaban J connectivity index is 2.05. The second-order valence-electron chi connectivity index (χ2n) is 5.46. The Bertz CT molecular complexity index is 694. The molecular weight excluding hydrogens is 399 g/mol. The highest BCUT2D eigenvalue weighted by atomic mass is 79.9. The molecular formula is C18H15BrCl2O2. The van der Waals surface area contributed by atoms with Crippen molar-refractivity contribution in [2.75, 3.05) is 5.33 Å². The summed E-state index contributed by atoms with van der Waals surface area (Å²) in [5, 5.41) is 1.97. The highest BCUT2D eigenvalue weighted by Gasteiger charge is 2.32. The topological polar surface area (TPSA) is 26.3 Å². The number of alkyl halides is 1. The standard InChI is InChI=1S/C18H15BrCl2O2/c19-9-3-8-15(22)23-18-16-11(4-1-6-13(16)20)10-12-5-2-7-14(21)17(12)18/h1-2,4-7,18H,3,8-10H2. The summed E-state index contributed by atoms with van der Waals surface area (Å²) in [6.45, 7) is 0. The van der Waals surface area contributed by atoms with Gasteiger partial charge in [0.25, 0.3) is 0 Å². The highest BCUT2D eigenvalue weighted by molar-refractivity contribution is 9.09. The number of carbonyl (C=O) groups is 1. The fraction of sp³-hybridized carbons (Fsp3) is 0.278. The van der Waals surface area contributed by atoms with Crippen LogP contribution in [0.1, 0.15) is 41.2 Å². The Morgan fingerprint density at radius 1 is 1.09 bits per heavy atom. The zero-order valence-corrected chi connectivity index (χ0v) is 15.4. The highest BCUT2D eigenvalue weighted by Crippen LogP contribution is 2.43. The van der Waals surface area contributed by atoms with Crippen molar-refractivity contribution in [3.63, 3.8) is 0 Å². The second-order valence-corrected chi connectivity index (χ2v) is 7.07. The summed E-state index contributed by atoms with van der Waals surface area (Å²) in [4.78, 5) is 12.2. The van der Waals surface area contributed by atoms with Crippen molar-refractivity contribution in [3.8, 4) is 0 Å². The number of benzene rings is 2. The van der Waals surface area contributed by atoms with Crippen LogP contribution < -0.4 is 0 Å². The third-order valence-corrected chi connectivity index (χ3v) is 5.18. The quantitative estimate of drug-likeness (QED) is 0.474. The van der Waals surface area contributed by atoms with Crippen molar-refractivity contribution in [2.24, 2.45) is 0 Å². The Kier molecular flexibility index (Phi) is 5.30. The first-order valence-electron chi connectivity index (χ1n) is 7.42. The number of esters is 1. The van der Waals surface area contributed by atoms with Crippen LogP contribution in [0.5, 0.6) is 0 Å². The van der Waals surface area contributed by atoms with Crippen molar-refractivity contribution in [1.82, 2.24) is 0 Å². The van der Waals surface area contributed by atoms with E-state index in [2.05, 4.69) is 15.9 Å². The smallest absolute Gasteiger partial charge is 0.306 e. The minimum Gasteiger partial charge on any atom is -0.452 e. The molecule has 0 aliphatic heterocycles. The Hall–Kier alpha value is -1.03. The maximum absolute atomic E-state index is 12.2. The van der Waals surface area contributed by atoms with E-state index in [0.29, 0.717) is 16.5 Å². The summed E-state index contributed by atoms with van der Waals surface area (Å²) in [5.74, 6) is -0.243. The number of carbonyl (C=O) groups excluding carboxylic acids is 1. The number of hydrogen-bond acceptors (Lipinski definition) is 2. The summed E-state index contributed by atoms with van der Waals surface area (Å²) >= 11 is 16.1. The van der Waals surface area contributed by atoms with Gasteiger partial charge in [-0.25, -0.2) is 0 Å². The molecule has 1 aliphatic carbocycles. The van der Waals surface area contributed by atoms with Gasteiger partial charge in [0.05, 0.1) is 0 Å². The van der Waals surface area contributed by atoms with Crippen LogP contribution in [-0.4, -0.2) is 11.3 Å². The van der Waals surface area contributed by atoms with Gasteiger partial charge in [-0.15, -0.1) is 0 Å². The van der Waals surface area contributed by atoms with Crippen LogP contribution in [0.25, 0.3) is 0 Å². The fourth-order valence-electron chi connectivity index (χ4n) is 2.93. The summed E-state index contributed by atoms with van der Waals surface area (Å²) < 4.78 is 5.78. The van der Waals surface area contributed by atoms with Crippen LogP contribution >= 0.6 is 39.1 Å². The van der Waals surface area contributed by atoms with Crippen LogP contribution in [0.2, 0.25) is 10.0 Å². The minimum absolute atomic E-state index is 0.243. The molecule has 0 N–H and O–H groups in total. The van der Waals surface area contributed by atoms with Gasteiger partial charge in [-0.1, -0.05) is 63.4 Å². The molecule has 2 aromatic rings. The summed E-state index contributed by atoms with van der Waals surface area (Å²) in [5.41, 5.74) is 3.85. The third kappa shape index (κ3) is 3.42. The number of fused-ring (bicyclic) bond motifs is 2. The molecule has 0 atom stereocenters. The van der Waals surface area contributed by atoms with Gasteiger partial charge >= 0.3 is 5.97 Å². The first-order valence-corrected chi connectivity index (χ1v) is 9.29. The van der Waals surface area contributed by atoms with Crippen molar-refractivity contribution < 1.29 is 9.53 Å². The number of rotatable bonds is 4. The molecule has 3 rings (SSSR count). The lowest BCUT2D eigenvalue weighted by Crippen LogP contribution is -2.20. The molecule has 0 unspecified atom stereocenters. The molecule has 0 radical (unpaired) electrons. The molecule has 0 bridgehead atoms. The number of halogens is 3. The van der Waals surface area contributed by atoms with Crippen LogP contribution in [0.4, 0.5) is 0 Å². The van der Waals surface area contributed by atoms with Gasteiger partial charge in [0.15, 0.2) is 6.10 Å². The van der Waals surface area contributed by atoms with Gasteiger partial charge in [0.2, 0.25) is 0 Å². The van der Waals surface area contributed by atoms with E-state index in [4.69, 9.17) is 27.9 Å². The molecule has 120 valence electrons. The predicted molar refractivity (Wildman–Crippen MR) is 96.7 cm³/mol. The zero-order chi connectivity index (χ0) is 16.4. The van der Waals surface area contributed by atoms with E-state index in [1.807, 2.05) is 36.4 Å². The molecule has 0 aromatic heterocycles. The number of hydrogen-bond donors (Lipinski definition) is 0. The predicted octanol–water partition coefficient (Wildman–Crippen LogP) is 5.71. The minimum atomic E-state index is -0.543.